The molecular weight excluding hydrogens is 467 g/mol. The minimum atomic E-state index is -3.81. The number of anilines is 1. The topological polar surface area (TPSA) is 114 Å². The Morgan fingerprint density at radius 2 is 1.87 bits per heavy atom. The lowest BCUT2D eigenvalue weighted by atomic mass is 10.2. The number of halogens is 2. The number of nitrogens with one attached hydrogen (secondary N) is 2. The van der Waals surface area contributed by atoms with Crippen molar-refractivity contribution >= 4 is 50.5 Å². The molecule has 0 bridgehead atoms. The van der Waals surface area contributed by atoms with Gasteiger partial charge >= 0.3 is 0 Å². The average molecular weight is 488 g/mol. The number of carbonyl (C=O) groups is 1. The highest BCUT2D eigenvalue weighted by Crippen LogP contribution is 2.27. The Morgan fingerprint density at radius 1 is 1.19 bits per heavy atom. The molecule has 9 nitrogen and oxygen atoms in total. The van der Waals surface area contributed by atoms with Gasteiger partial charge in [0.25, 0.3) is 11.6 Å². The Bertz CT molecular complexity index is 1100. The lowest BCUT2D eigenvalue weighted by molar-refractivity contribution is -0.917. The summed E-state index contributed by atoms with van der Waals surface area (Å²) in [4.78, 5) is 23.8. The summed E-state index contributed by atoms with van der Waals surface area (Å²) in [6.07, 6.45) is 0. The second kappa shape index (κ2) is 9.49. The van der Waals surface area contributed by atoms with Crippen LogP contribution in [0.15, 0.2) is 47.4 Å². The standard InChI is InChI=1S/C19H20Cl2N4O5S/c1-13(19(26)22-15-3-2-4-16(12-15)25(27)28)23-7-9-24(10-8-23)31(29,30)18-11-14(20)5-6-17(18)21/h2-6,11-13H,7-10H2,1H3,(H,22,26)/p+1/t13-/m0/s1. The van der Waals surface area contributed by atoms with Gasteiger partial charge in [0.2, 0.25) is 10.0 Å². The number of carbonyl (C=O) groups excluding carboxylic acids is 1. The zero-order valence-corrected chi connectivity index (χ0v) is 18.9. The molecule has 1 aliphatic heterocycles. The maximum atomic E-state index is 12.9. The Hall–Kier alpha value is -2.24. The van der Waals surface area contributed by atoms with Crippen molar-refractivity contribution in [2.45, 2.75) is 17.9 Å². The number of non-ortho nitro benzene ring substituents is 1. The highest BCUT2D eigenvalue weighted by Gasteiger charge is 2.35. The molecule has 31 heavy (non-hydrogen) atoms. The van der Waals surface area contributed by atoms with Gasteiger partial charge in [0.1, 0.15) is 4.90 Å². The Labute approximate surface area is 189 Å². The van der Waals surface area contributed by atoms with Crippen molar-refractivity contribution in [2.75, 3.05) is 31.5 Å². The number of nitrogens with zero attached hydrogens (tertiary/aromatic N) is 2. The number of quaternary nitrogens is 1. The molecule has 2 aromatic rings. The number of hydrogen-bond donors (Lipinski definition) is 2. The van der Waals surface area contributed by atoms with Crippen LogP contribution < -0.4 is 10.2 Å². The van der Waals surface area contributed by atoms with E-state index in [0.29, 0.717) is 18.8 Å². The molecule has 2 aromatic carbocycles. The number of nitro benzene ring substituents is 1. The second-order valence-electron chi connectivity index (χ2n) is 7.16. The molecule has 2 N–H and O–H groups in total. The molecule has 0 spiro atoms. The normalized spacial score (nSPS) is 16.6. The van der Waals surface area contributed by atoms with E-state index in [1.165, 1.54) is 40.7 Å². The van der Waals surface area contributed by atoms with Crippen LogP contribution in [0.25, 0.3) is 0 Å². The lowest BCUT2D eigenvalue weighted by Gasteiger charge is -2.34. The van der Waals surface area contributed by atoms with Crippen LogP contribution in [-0.2, 0) is 14.8 Å². The van der Waals surface area contributed by atoms with E-state index in [-0.39, 0.29) is 39.6 Å². The molecule has 3 rings (SSSR count). The summed E-state index contributed by atoms with van der Waals surface area (Å²) < 4.78 is 27.2. The van der Waals surface area contributed by atoms with E-state index >= 15 is 0 Å². The number of rotatable bonds is 6. The Morgan fingerprint density at radius 3 is 2.52 bits per heavy atom. The van der Waals surface area contributed by atoms with Gasteiger partial charge < -0.3 is 10.2 Å². The third kappa shape index (κ3) is 5.34. The van der Waals surface area contributed by atoms with E-state index in [0.717, 1.165) is 4.90 Å². The molecule has 0 radical (unpaired) electrons. The molecule has 0 aliphatic carbocycles. The van der Waals surface area contributed by atoms with E-state index in [1.807, 2.05) is 0 Å². The summed E-state index contributed by atoms with van der Waals surface area (Å²) in [5, 5.41) is 14.0. The SMILES string of the molecule is C[C@@H](C(=O)Nc1cccc([N+](=O)[O-])c1)[NH+]1CCN(S(=O)(=O)c2cc(Cl)ccc2Cl)CC1. The van der Waals surface area contributed by atoms with Crippen molar-refractivity contribution in [3.05, 3.63) is 62.6 Å². The minimum Gasteiger partial charge on any atom is -0.323 e. The predicted octanol–water partition coefficient (Wildman–Crippen LogP) is 1.82. The summed E-state index contributed by atoms with van der Waals surface area (Å²) >= 11 is 12.0. The zero-order chi connectivity index (χ0) is 22.8. The first-order valence-electron chi connectivity index (χ1n) is 9.44. The van der Waals surface area contributed by atoms with Crippen molar-refractivity contribution < 1.29 is 23.0 Å². The first-order chi connectivity index (χ1) is 14.6. The molecule has 1 saturated heterocycles. The summed E-state index contributed by atoms with van der Waals surface area (Å²) in [6, 6.07) is 9.52. The number of piperazine rings is 1. The fraction of sp³-hybridized carbons (Fsp3) is 0.316. The lowest BCUT2D eigenvalue weighted by Crippen LogP contribution is -3.19. The molecule has 1 heterocycles. The fourth-order valence-electron chi connectivity index (χ4n) is 3.39. The van der Waals surface area contributed by atoms with Crippen LogP contribution in [0.1, 0.15) is 6.92 Å². The van der Waals surface area contributed by atoms with Gasteiger partial charge in [0.15, 0.2) is 6.04 Å². The Balaban J connectivity index is 1.63. The van der Waals surface area contributed by atoms with Crippen molar-refractivity contribution in [3.63, 3.8) is 0 Å². The van der Waals surface area contributed by atoms with Crippen molar-refractivity contribution in [1.82, 2.24) is 4.31 Å². The molecule has 1 amide bonds. The average Bonchev–Trinajstić information content (AvgIpc) is 2.75. The monoisotopic (exact) mass is 487 g/mol. The van der Waals surface area contributed by atoms with Gasteiger partial charge in [-0.3, -0.25) is 14.9 Å². The first-order valence-corrected chi connectivity index (χ1v) is 11.6. The van der Waals surface area contributed by atoms with Gasteiger partial charge in [0.05, 0.1) is 36.1 Å². The predicted molar refractivity (Wildman–Crippen MR) is 117 cm³/mol. The highest BCUT2D eigenvalue weighted by atomic mass is 35.5. The van der Waals surface area contributed by atoms with Crippen LogP contribution in [0.2, 0.25) is 10.0 Å². The first kappa shape index (κ1) is 23.4. The third-order valence-corrected chi connectivity index (χ3v) is 7.82. The Kier molecular flexibility index (Phi) is 7.17. The molecular formula is C19H21Cl2N4O5S+. The van der Waals surface area contributed by atoms with Crippen LogP contribution in [0.5, 0.6) is 0 Å². The van der Waals surface area contributed by atoms with Gasteiger partial charge in [-0.2, -0.15) is 4.31 Å². The van der Waals surface area contributed by atoms with Crippen LogP contribution in [0.3, 0.4) is 0 Å². The number of hydrogen-bond acceptors (Lipinski definition) is 5. The van der Waals surface area contributed by atoms with Gasteiger partial charge in [-0.1, -0.05) is 29.3 Å². The summed E-state index contributed by atoms with van der Waals surface area (Å²) in [6.45, 7) is 3.01. The summed E-state index contributed by atoms with van der Waals surface area (Å²) in [7, 11) is -3.81. The van der Waals surface area contributed by atoms with Crippen LogP contribution >= 0.6 is 23.2 Å². The quantitative estimate of drug-likeness (QED) is 0.476. The molecule has 0 saturated carbocycles. The van der Waals surface area contributed by atoms with Gasteiger partial charge in [0, 0.05) is 22.8 Å². The molecule has 0 unspecified atom stereocenters. The minimum absolute atomic E-state index is 0.0402. The van der Waals surface area contributed by atoms with Gasteiger partial charge in [-0.15, -0.1) is 0 Å². The van der Waals surface area contributed by atoms with Gasteiger partial charge in [-0.25, -0.2) is 8.42 Å². The van der Waals surface area contributed by atoms with Crippen LogP contribution in [0, 0.1) is 10.1 Å². The maximum absolute atomic E-state index is 12.9. The number of amides is 1. The van der Waals surface area contributed by atoms with Crippen LogP contribution in [0.4, 0.5) is 11.4 Å². The van der Waals surface area contributed by atoms with E-state index in [4.69, 9.17) is 23.2 Å². The van der Waals surface area contributed by atoms with Crippen molar-refractivity contribution in [3.8, 4) is 0 Å². The molecule has 12 heteroatoms. The largest absolute Gasteiger partial charge is 0.323 e. The summed E-state index contributed by atoms with van der Waals surface area (Å²) in [5.41, 5.74) is 0.221. The van der Waals surface area contributed by atoms with E-state index in [9.17, 15) is 23.3 Å². The van der Waals surface area contributed by atoms with Crippen molar-refractivity contribution in [1.29, 1.82) is 0 Å². The number of benzene rings is 2. The van der Waals surface area contributed by atoms with Crippen LogP contribution in [-0.4, -0.2) is 55.8 Å². The molecule has 166 valence electrons. The molecule has 1 atom stereocenters. The van der Waals surface area contributed by atoms with Gasteiger partial charge in [-0.05, 0) is 31.2 Å². The highest BCUT2D eigenvalue weighted by molar-refractivity contribution is 7.89. The molecule has 1 aliphatic rings. The second-order valence-corrected chi connectivity index (χ2v) is 9.91. The van der Waals surface area contributed by atoms with E-state index in [2.05, 4.69) is 5.32 Å². The molecule has 1 fully saturated rings. The fourth-order valence-corrected chi connectivity index (χ4v) is 5.57. The third-order valence-electron chi connectivity index (χ3n) is 5.21. The van der Waals surface area contributed by atoms with E-state index in [1.54, 1.807) is 13.0 Å². The number of sulfonamides is 1. The summed E-state index contributed by atoms with van der Waals surface area (Å²) in [5.74, 6) is -0.301. The maximum Gasteiger partial charge on any atom is 0.282 e. The zero-order valence-electron chi connectivity index (χ0n) is 16.5. The molecule has 0 aromatic heterocycles. The van der Waals surface area contributed by atoms with E-state index < -0.39 is 21.0 Å². The van der Waals surface area contributed by atoms with Crippen molar-refractivity contribution in [2.24, 2.45) is 0 Å². The smallest absolute Gasteiger partial charge is 0.282 e. The number of nitro groups is 1.